The van der Waals surface area contributed by atoms with Gasteiger partial charge in [0.15, 0.2) is 5.58 Å². The van der Waals surface area contributed by atoms with E-state index in [1.54, 1.807) is 24.3 Å². The second kappa shape index (κ2) is 7.59. The van der Waals surface area contributed by atoms with E-state index in [1.165, 1.54) is 21.8 Å². The summed E-state index contributed by atoms with van der Waals surface area (Å²) in [5.41, 5.74) is 3.57. The third kappa shape index (κ3) is 3.57. The zero-order chi connectivity index (χ0) is 21.5. The van der Waals surface area contributed by atoms with E-state index in [-0.39, 0.29) is 18.4 Å². The van der Waals surface area contributed by atoms with Gasteiger partial charge in [0, 0.05) is 13.0 Å². The molecule has 0 atom stereocenters. The van der Waals surface area contributed by atoms with Crippen molar-refractivity contribution in [3.05, 3.63) is 64.2 Å². The molecule has 1 N–H and O–H groups in total. The van der Waals surface area contributed by atoms with Gasteiger partial charge >= 0.3 is 6.01 Å². The molecule has 1 aliphatic rings. The van der Waals surface area contributed by atoms with E-state index >= 15 is 0 Å². The van der Waals surface area contributed by atoms with Crippen molar-refractivity contribution in [1.82, 2.24) is 20.1 Å². The molecule has 0 saturated heterocycles. The number of nitrogens with one attached hydrogen (secondary N) is 1. The van der Waals surface area contributed by atoms with Gasteiger partial charge in [-0.2, -0.15) is 4.98 Å². The zero-order valence-electron chi connectivity index (χ0n) is 17.0. The molecule has 156 valence electrons. The Bertz CT molecular complexity index is 1270. The molecule has 0 aliphatic carbocycles. The minimum Gasteiger partial charge on any atom is -0.423 e. The predicted molar refractivity (Wildman–Crippen MR) is 117 cm³/mol. The van der Waals surface area contributed by atoms with Crippen LogP contribution in [0.5, 0.6) is 0 Å². The molecule has 2 aromatic carbocycles. The van der Waals surface area contributed by atoms with Crippen molar-refractivity contribution in [2.75, 3.05) is 11.9 Å². The Hall–Kier alpha value is -3.59. The van der Waals surface area contributed by atoms with Gasteiger partial charge in [0.2, 0.25) is 5.13 Å². The standard InChI is InChI=1S/C22H19N5O3S/c1-12(2)13-7-8-17-16(11-13)23-21(30-17)24-22-26-25-18(31-22)9-10-27-19(28)14-5-3-4-6-15(14)20(27)29/h3-8,11-12H,9-10H2,1-2H3,(H,23,24,26). The first-order valence-corrected chi connectivity index (χ1v) is 10.8. The van der Waals surface area contributed by atoms with Crippen LogP contribution in [-0.2, 0) is 6.42 Å². The Labute approximate surface area is 181 Å². The summed E-state index contributed by atoms with van der Waals surface area (Å²) in [6.45, 7) is 4.51. The lowest BCUT2D eigenvalue weighted by atomic mass is 10.0. The molecular weight excluding hydrogens is 414 g/mol. The molecule has 0 bridgehead atoms. The number of amides is 2. The number of anilines is 2. The monoisotopic (exact) mass is 433 g/mol. The fraction of sp³-hybridized carbons (Fsp3) is 0.227. The van der Waals surface area contributed by atoms with Gasteiger partial charge in [0.05, 0.1) is 11.1 Å². The molecule has 2 aromatic heterocycles. The third-order valence-electron chi connectivity index (χ3n) is 5.19. The highest BCUT2D eigenvalue weighted by Crippen LogP contribution is 2.27. The fourth-order valence-corrected chi connectivity index (χ4v) is 4.22. The van der Waals surface area contributed by atoms with Crippen LogP contribution in [0.1, 0.15) is 51.1 Å². The van der Waals surface area contributed by atoms with Crippen molar-refractivity contribution >= 4 is 45.4 Å². The summed E-state index contributed by atoms with van der Waals surface area (Å²) in [6.07, 6.45) is 0.427. The van der Waals surface area contributed by atoms with Crippen LogP contribution in [0.3, 0.4) is 0 Å². The number of nitrogens with zero attached hydrogens (tertiary/aromatic N) is 4. The third-order valence-corrected chi connectivity index (χ3v) is 6.08. The molecule has 2 amide bonds. The second-order valence-corrected chi connectivity index (χ2v) is 8.65. The first kappa shape index (κ1) is 19.4. The van der Waals surface area contributed by atoms with Crippen molar-refractivity contribution in [2.24, 2.45) is 0 Å². The molecule has 5 rings (SSSR count). The fourth-order valence-electron chi connectivity index (χ4n) is 3.50. The molecule has 0 saturated carbocycles. The largest absolute Gasteiger partial charge is 0.423 e. The summed E-state index contributed by atoms with van der Waals surface area (Å²) >= 11 is 1.33. The Morgan fingerprint density at radius 2 is 1.81 bits per heavy atom. The predicted octanol–water partition coefficient (Wildman–Crippen LogP) is 4.39. The van der Waals surface area contributed by atoms with Gasteiger partial charge < -0.3 is 4.42 Å². The summed E-state index contributed by atoms with van der Waals surface area (Å²) in [5.74, 6) is -0.128. The van der Waals surface area contributed by atoms with Crippen molar-refractivity contribution in [1.29, 1.82) is 0 Å². The van der Waals surface area contributed by atoms with Crippen molar-refractivity contribution in [3.63, 3.8) is 0 Å². The van der Waals surface area contributed by atoms with Gasteiger partial charge in [0.25, 0.3) is 11.8 Å². The molecule has 0 spiro atoms. The SMILES string of the molecule is CC(C)c1ccc2oc(Nc3nnc(CCN4C(=O)c5ccccc5C4=O)s3)nc2c1. The van der Waals surface area contributed by atoms with E-state index in [9.17, 15) is 9.59 Å². The van der Waals surface area contributed by atoms with Gasteiger partial charge in [-0.25, -0.2) is 0 Å². The summed E-state index contributed by atoms with van der Waals surface area (Å²) in [7, 11) is 0. The van der Waals surface area contributed by atoms with Gasteiger partial charge in [0.1, 0.15) is 10.5 Å². The number of aromatic nitrogens is 3. The van der Waals surface area contributed by atoms with Crippen LogP contribution in [0, 0.1) is 0 Å². The van der Waals surface area contributed by atoms with Gasteiger partial charge in [-0.3, -0.25) is 19.8 Å². The molecule has 4 aromatic rings. The average Bonchev–Trinajstić information content (AvgIpc) is 3.44. The van der Waals surface area contributed by atoms with E-state index in [4.69, 9.17) is 4.42 Å². The zero-order valence-corrected chi connectivity index (χ0v) is 17.8. The highest BCUT2D eigenvalue weighted by molar-refractivity contribution is 7.15. The number of rotatable bonds is 6. The van der Waals surface area contributed by atoms with E-state index in [1.807, 2.05) is 18.2 Å². The quantitative estimate of drug-likeness (QED) is 0.450. The van der Waals surface area contributed by atoms with Crippen LogP contribution in [0.15, 0.2) is 46.9 Å². The molecule has 0 radical (unpaired) electrons. The van der Waals surface area contributed by atoms with Gasteiger partial charge in [-0.1, -0.05) is 43.4 Å². The maximum Gasteiger partial charge on any atom is 0.302 e. The van der Waals surface area contributed by atoms with Crippen LogP contribution < -0.4 is 5.32 Å². The summed E-state index contributed by atoms with van der Waals surface area (Å²) in [6, 6.07) is 13.2. The van der Waals surface area contributed by atoms with Crippen molar-refractivity contribution in [3.8, 4) is 0 Å². The van der Waals surface area contributed by atoms with Crippen LogP contribution in [-0.4, -0.2) is 38.4 Å². The van der Waals surface area contributed by atoms with Crippen molar-refractivity contribution < 1.29 is 14.0 Å². The lowest BCUT2D eigenvalue weighted by Crippen LogP contribution is -2.31. The molecule has 1 aliphatic heterocycles. The Morgan fingerprint density at radius 1 is 1.06 bits per heavy atom. The Morgan fingerprint density at radius 3 is 2.52 bits per heavy atom. The van der Waals surface area contributed by atoms with Gasteiger partial charge in [-0.15, -0.1) is 10.2 Å². The lowest BCUT2D eigenvalue weighted by Gasteiger charge is -2.11. The number of fused-ring (bicyclic) bond motifs is 2. The van der Waals surface area contributed by atoms with E-state index in [0.29, 0.717) is 45.2 Å². The molecule has 31 heavy (non-hydrogen) atoms. The molecule has 8 nitrogen and oxygen atoms in total. The van der Waals surface area contributed by atoms with Gasteiger partial charge in [-0.05, 0) is 35.7 Å². The van der Waals surface area contributed by atoms with Crippen LogP contribution in [0.4, 0.5) is 11.1 Å². The molecule has 9 heteroatoms. The number of carbonyl (C=O) groups is 2. The van der Waals surface area contributed by atoms with Crippen LogP contribution >= 0.6 is 11.3 Å². The molecular formula is C22H19N5O3S. The summed E-state index contributed by atoms with van der Waals surface area (Å²) in [5, 5.41) is 12.6. The number of imide groups is 1. The number of carbonyl (C=O) groups excluding carboxylic acids is 2. The highest BCUT2D eigenvalue weighted by atomic mass is 32.1. The minimum atomic E-state index is -0.268. The molecule has 0 unspecified atom stereocenters. The number of hydrogen-bond acceptors (Lipinski definition) is 8. The van der Waals surface area contributed by atoms with E-state index < -0.39 is 0 Å². The Balaban J connectivity index is 1.25. The van der Waals surface area contributed by atoms with E-state index in [0.717, 1.165) is 5.52 Å². The number of hydrogen-bond donors (Lipinski definition) is 1. The lowest BCUT2D eigenvalue weighted by molar-refractivity contribution is 0.0656. The highest BCUT2D eigenvalue weighted by Gasteiger charge is 2.34. The maximum atomic E-state index is 12.5. The number of benzene rings is 2. The minimum absolute atomic E-state index is 0.252. The summed E-state index contributed by atoms with van der Waals surface area (Å²) in [4.78, 5) is 30.7. The first-order chi connectivity index (χ1) is 15.0. The first-order valence-electron chi connectivity index (χ1n) is 9.94. The molecule has 0 fully saturated rings. The van der Waals surface area contributed by atoms with Crippen molar-refractivity contribution in [2.45, 2.75) is 26.2 Å². The maximum absolute atomic E-state index is 12.5. The smallest absolute Gasteiger partial charge is 0.302 e. The normalized spacial score (nSPS) is 13.5. The van der Waals surface area contributed by atoms with E-state index in [2.05, 4.69) is 34.3 Å². The second-order valence-electron chi connectivity index (χ2n) is 7.58. The topological polar surface area (TPSA) is 101 Å². The summed E-state index contributed by atoms with van der Waals surface area (Å²) < 4.78 is 5.74. The van der Waals surface area contributed by atoms with Crippen LogP contribution in [0.2, 0.25) is 0 Å². The van der Waals surface area contributed by atoms with Crippen LogP contribution in [0.25, 0.3) is 11.1 Å². The molecule has 3 heterocycles. The Kier molecular flexibility index (Phi) is 4.74. The average molecular weight is 433 g/mol. The number of oxazole rings is 1.